The summed E-state index contributed by atoms with van der Waals surface area (Å²) in [5, 5.41) is 22.8. The van der Waals surface area contributed by atoms with Crippen molar-refractivity contribution >= 4 is 72.1 Å². The van der Waals surface area contributed by atoms with E-state index in [4.69, 9.17) is 9.97 Å². The van der Waals surface area contributed by atoms with Crippen LogP contribution in [0, 0.1) is 13.8 Å². The van der Waals surface area contributed by atoms with Gasteiger partial charge in [-0.15, -0.1) is 0 Å². The molecule has 228 valence electrons. The summed E-state index contributed by atoms with van der Waals surface area (Å²) in [6, 6.07) is 7.78. The minimum absolute atomic E-state index is 0.145. The molecule has 2 aliphatic heterocycles. The zero-order chi connectivity index (χ0) is 32.3. The van der Waals surface area contributed by atoms with Gasteiger partial charge in [0.15, 0.2) is 0 Å². The normalized spacial score (nSPS) is 12.6. The van der Waals surface area contributed by atoms with Crippen molar-refractivity contribution in [2.45, 2.75) is 53.4 Å². The predicted molar refractivity (Wildman–Crippen MR) is 169 cm³/mol. The molecule has 3 aromatic rings. The van der Waals surface area contributed by atoms with Crippen LogP contribution in [0.1, 0.15) is 78.1 Å². The number of allylic oxidation sites excluding steroid dienone is 5. The van der Waals surface area contributed by atoms with E-state index >= 15 is 0 Å². The van der Waals surface area contributed by atoms with Crippen LogP contribution < -0.4 is 10.2 Å². The molecule has 8 nitrogen and oxygen atoms in total. The second-order valence-corrected chi connectivity index (χ2v) is 10.7. The molecule has 10 heteroatoms. The van der Waals surface area contributed by atoms with Crippen LogP contribution in [0.3, 0.4) is 0 Å². The molecule has 2 aliphatic rings. The summed E-state index contributed by atoms with van der Waals surface area (Å²) in [7, 11) is 4.53. The van der Waals surface area contributed by atoms with E-state index in [1.807, 2.05) is 75.3 Å². The Kier molecular flexibility index (Phi) is 10.2. The molecule has 5 heterocycles. The van der Waals surface area contributed by atoms with Crippen LogP contribution in [0.15, 0.2) is 43.5 Å². The van der Waals surface area contributed by atoms with Crippen molar-refractivity contribution in [1.82, 2.24) is 19.9 Å². The summed E-state index contributed by atoms with van der Waals surface area (Å²) in [6.07, 6.45) is 3.81. The van der Waals surface area contributed by atoms with Gasteiger partial charge in [0.05, 0.1) is 22.8 Å². The number of carbonyl (C=O) groups is 2. The van der Waals surface area contributed by atoms with Crippen molar-refractivity contribution in [2.75, 3.05) is 0 Å². The summed E-state index contributed by atoms with van der Waals surface area (Å²) >= 11 is 2.02. The fourth-order valence-corrected chi connectivity index (χ4v) is 5.76. The van der Waals surface area contributed by atoms with Gasteiger partial charge in [0.2, 0.25) is 0 Å². The first kappa shape index (κ1) is 32.8. The van der Waals surface area contributed by atoms with Gasteiger partial charge in [0.1, 0.15) is 0 Å². The Hall–Kier alpha value is -4.07. The first-order valence-corrected chi connectivity index (χ1v) is 16.1. The third-order valence-electron chi connectivity index (χ3n) is 8.20. The van der Waals surface area contributed by atoms with E-state index in [-0.39, 0.29) is 25.7 Å². The van der Waals surface area contributed by atoms with Crippen molar-refractivity contribution in [3.8, 4) is 0 Å². The van der Waals surface area contributed by atoms with Crippen molar-refractivity contribution in [3.63, 3.8) is 0 Å². The van der Waals surface area contributed by atoms with E-state index in [1.165, 1.54) is 0 Å². The molecule has 0 atom stereocenters. The fourth-order valence-electron chi connectivity index (χ4n) is 5.76. The summed E-state index contributed by atoms with van der Waals surface area (Å²) in [6.45, 7) is 15.9. The number of aliphatic carboxylic acids is 2. The average molecular weight is 699 g/mol. The number of hydrogen-bond acceptors (Lipinski definition) is 6. The minimum atomic E-state index is -1.14. The molecule has 0 radical (unpaired) electrons. The number of nitrogens with one attached hydrogen (secondary N) is 2. The summed E-state index contributed by atoms with van der Waals surface area (Å²) in [5.41, 5.74) is 13.3. The van der Waals surface area contributed by atoms with Gasteiger partial charge in [0.25, 0.3) is 0 Å². The number of H-pyrrole nitrogens is 2. The number of rotatable bonds is 8. The Balaban J connectivity index is 0.00000216. The van der Waals surface area contributed by atoms with Gasteiger partial charge in [-0.05, 0) is 111 Å². The molecular formula is C34H32ClN4O4Rh. The van der Waals surface area contributed by atoms with E-state index < -0.39 is 11.9 Å². The molecule has 0 aromatic carbocycles. The van der Waals surface area contributed by atoms with Gasteiger partial charge in [0, 0.05) is 45.1 Å². The Morgan fingerprint density at radius 2 is 1.27 bits per heavy atom. The van der Waals surface area contributed by atoms with Crippen molar-refractivity contribution in [3.05, 3.63) is 88.5 Å². The number of aromatic nitrogens is 4. The molecule has 0 fully saturated rings. The number of carboxylic acids is 2. The van der Waals surface area contributed by atoms with Crippen LogP contribution in [-0.2, 0) is 33.3 Å². The first-order valence-electron chi connectivity index (χ1n) is 14.0. The molecule has 0 unspecified atom stereocenters. The van der Waals surface area contributed by atoms with E-state index in [1.54, 1.807) is 6.08 Å². The second kappa shape index (κ2) is 13.7. The molecule has 0 spiro atoms. The Bertz CT molecular complexity index is 1930. The van der Waals surface area contributed by atoms with Gasteiger partial charge in [-0.2, -0.15) is 0 Å². The molecule has 5 rings (SSSR count). The maximum atomic E-state index is 11.4. The molecule has 2 N–H and O–H groups in total. The van der Waals surface area contributed by atoms with E-state index in [2.05, 4.69) is 32.8 Å². The van der Waals surface area contributed by atoms with Crippen LogP contribution in [0.25, 0.3) is 50.4 Å². The van der Waals surface area contributed by atoms with Crippen LogP contribution in [-0.4, -0.2) is 31.9 Å². The topological polar surface area (TPSA) is 138 Å². The third kappa shape index (κ3) is 6.40. The molecule has 0 amide bonds. The third-order valence-corrected chi connectivity index (χ3v) is 8.20. The van der Waals surface area contributed by atoms with Gasteiger partial charge in [-0.1, -0.05) is 25.3 Å². The summed E-state index contributed by atoms with van der Waals surface area (Å²) in [4.78, 5) is 39.7. The summed E-state index contributed by atoms with van der Waals surface area (Å²) in [5.74, 6) is -2.28. The average Bonchev–Trinajstić information content (AvgIpc) is 3.64. The van der Waals surface area contributed by atoms with Crippen LogP contribution in [0.5, 0.6) is 0 Å². The Morgan fingerprint density at radius 1 is 0.750 bits per heavy atom. The zero-order valence-corrected chi connectivity index (χ0v) is 27.3. The van der Waals surface area contributed by atoms with Gasteiger partial charge in [-0.25, -0.2) is 9.97 Å². The fraction of sp³-hybridized carbons (Fsp3) is 0.235. The number of fused-ring (bicyclic) bond motifs is 8. The van der Waals surface area contributed by atoms with Crippen molar-refractivity contribution in [2.24, 2.45) is 0 Å². The molecule has 0 aliphatic carbocycles. The quantitative estimate of drug-likeness (QED) is 0.297. The number of carbonyl (C=O) groups excluding carboxylic acids is 2. The van der Waals surface area contributed by atoms with E-state index in [0.717, 1.165) is 72.5 Å². The molecule has 0 saturated carbocycles. The molecule has 3 aromatic heterocycles. The number of aromatic amines is 2. The maximum absolute atomic E-state index is 11.4. The number of carboxylic acid groups (broad SMARTS) is 2. The van der Waals surface area contributed by atoms with Crippen LogP contribution >= 0.6 is 9.69 Å². The number of hydrogen-bond donors (Lipinski definition) is 2. The molecular weight excluding hydrogens is 667 g/mol. The number of nitrogens with zero attached hydrogens (tertiary/aromatic N) is 2. The van der Waals surface area contributed by atoms with Crippen molar-refractivity contribution < 1.29 is 37.1 Å². The first-order chi connectivity index (χ1) is 21.0. The van der Waals surface area contributed by atoms with E-state index in [9.17, 15) is 19.8 Å². The number of aryl methyl sites for hydroxylation is 3. The van der Waals surface area contributed by atoms with Gasteiger partial charge in [-0.3, -0.25) is 0 Å². The zero-order valence-electron chi connectivity index (χ0n) is 24.9. The number of halogens is 1. The van der Waals surface area contributed by atoms with Crippen LogP contribution in [0.4, 0.5) is 0 Å². The molecule has 0 saturated heterocycles. The standard InChI is InChI=1S/C34H34N4O4.ClH.Rh/c1-7-21-17(3)25-13-26-19(5)23(9-11-33(39)40)31(37-26)16-32-24(10-12-34(41)42)20(6)28(38-32)15-30-22(8-2)18(4)27(36-30)14-29(21)35-25;;/h7-8,13-16,35,38H,1-2,9-12H2,3-6H3,(H,39,40)(H,41,42);1H;/q;;+3/p-3. The second-order valence-electron chi connectivity index (χ2n) is 10.7. The summed E-state index contributed by atoms with van der Waals surface area (Å²) < 4.78 is 0. The Labute approximate surface area is 270 Å². The monoisotopic (exact) mass is 698 g/mol. The van der Waals surface area contributed by atoms with E-state index in [0.29, 0.717) is 16.9 Å². The van der Waals surface area contributed by atoms with Crippen LogP contribution in [0.2, 0.25) is 0 Å². The predicted octanol–water partition coefficient (Wildman–Crippen LogP) is 5.52. The van der Waals surface area contributed by atoms with Gasteiger partial charge >= 0.3 is 27.0 Å². The molecule has 8 bridgehead atoms. The Morgan fingerprint density at radius 3 is 1.91 bits per heavy atom. The molecule has 44 heavy (non-hydrogen) atoms. The SMILES string of the molecule is C=CC1=C(C)c2cc3[nH]c(cc4nc(cc5[nH]c(cc1n2)c(C)c5CCC(=O)[O-])C(CCC(=O)[O-])=C4C)c(C)c3C=C.[Cl][Rh+2]. The van der Waals surface area contributed by atoms with Gasteiger partial charge < -0.3 is 29.8 Å². The van der Waals surface area contributed by atoms with Crippen molar-refractivity contribution in [1.29, 1.82) is 0 Å².